The Morgan fingerprint density at radius 1 is 0.852 bits per heavy atom. The molecule has 0 saturated heterocycles. The van der Waals surface area contributed by atoms with Gasteiger partial charge in [0.25, 0.3) is 0 Å². The normalized spacial score (nSPS) is 12.2. The molecule has 0 atom stereocenters. The van der Waals surface area contributed by atoms with Gasteiger partial charge < -0.3 is 22.1 Å². The first-order valence-corrected chi connectivity index (χ1v) is 9.52. The van der Waals surface area contributed by atoms with Gasteiger partial charge in [-0.05, 0) is 35.8 Å². The summed E-state index contributed by atoms with van der Waals surface area (Å²) in [5.74, 6) is 2.29. The van der Waals surface area contributed by atoms with Crippen molar-refractivity contribution in [2.24, 2.45) is 33.3 Å². The van der Waals surface area contributed by atoms with E-state index in [-0.39, 0.29) is 24.0 Å². The lowest BCUT2D eigenvalue weighted by Crippen LogP contribution is -2.33. The molecule has 0 bridgehead atoms. The molecular weight excluding hydrogens is 451 g/mol. The molecule has 154 valence electrons. The zero-order valence-electron chi connectivity index (χ0n) is 17.2. The maximum Gasteiger partial charge on any atom is 0.188 e. The molecule has 27 heavy (non-hydrogen) atoms. The van der Waals surface area contributed by atoms with Crippen molar-refractivity contribution in [3.8, 4) is 0 Å². The maximum atomic E-state index is 5.90. The highest BCUT2D eigenvalue weighted by molar-refractivity contribution is 14.0. The van der Waals surface area contributed by atoms with Crippen molar-refractivity contribution in [2.45, 2.75) is 53.6 Å². The number of halogens is 1. The fourth-order valence-corrected chi connectivity index (χ4v) is 2.27. The first kappa shape index (κ1) is 25.5. The average Bonchev–Trinajstić information content (AvgIpc) is 2.58. The summed E-state index contributed by atoms with van der Waals surface area (Å²) in [7, 11) is 0. The minimum atomic E-state index is 0. The molecule has 0 saturated carbocycles. The number of nitrogens with one attached hydrogen (secondary N) is 2. The van der Waals surface area contributed by atoms with Crippen LogP contribution in [0.5, 0.6) is 0 Å². The molecule has 0 unspecified atom stereocenters. The number of benzene rings is 1. The Kier molecular flexibility index (Phi) is 13.7. The van der Waals surface area contributed by atoms with Crippen LogP contribution in [-0.4, -0.2) is 25.0 Å². The molecular formula is C20H37IN6. The Balaban J connectivity index is 0.00000676. The number of rotatable bonds is 10. The van der Waals surface area contributed by atoms with Crippen LogP contribution in [0, 0.1) is 11.8 Å². The Bertz CT molecular complexity index is 536. The molecule has 0 fully saturated rings. The summed E-state index contributed by atoms with van der Waals surface area (Å²) in [6.45, 7) is 11.6. The predicted molar refractivity (Wildman–Crippen MR) is 127 cm³/mol. The molecule has 0 radical (unpaired) electrons. The van der Waals surface area contributed by atoms with Crippen LogP contribution in [0.4, 0.5) is 0 Å². The van der Waals surface area contributed by atoms with Crippen molar-refractivity contribution >= 4 is 35.9 Å². The van der Waals surface area contributed by atoms with Gasteiger partial charge >= 0.3 is 0 Å². The van der Waals surface area contributed by atoms with Gasteiger partial charge in [0, 0.05) is 13.1 Å². The van der Waals surface area contributed by atoms with E-state index in [0.29, 0.717) is 36.8 Å². The van der Waals surface area contributed by atoms with Gasteiger partial charge in [-0.1, -0.05) is 52.0 Å². The van der Waals surface area contributed by atoms with E-state index in [0.717, 1.165) is 37.1 Å². The number of hydrogen-bond donors (Lipinski definition) is 4. The highest BCUT2D eigenvalue weighted by Crippen LogP contribution is 2.08. The molecule has 7 heteroatoms. The first-order chi connectivity index (χ1) is 12.4. The van der Waals surface area contributed by atoms with Gasteiger partial charge in [0.2, 0.25) is 0 Å². The van der Waals surface area contributed by atoms with Crippen molar-refractivity contribution in [2.75, 3.05) is 13.1 Å². The monoisotopic (exact) mass is 488 g/mol. The summed E-state index contributed by atoms with van der Waals surface area (Å²) in [6, 6.07) is 8.20. The highest BCUT2D eigenvalue weighted by atomic mass is 127. The lowest BCUT2D eigenvalue weighted by Gasteiger charge is -2.08. The summed E-state index contributed by atoms with van der Waals surface area (Å²) in [4.78, 5) is 8.79. The predicted octanol–water partition coefficient (Wildman–Crippen LogP) is 3.21. The Labute approximate surface area is 181 Å². The zero-order chi connectivity index (χ0) is 19.4. The molecule has 0 aliphatic carbocycles. The van der Waals surface area contributed by atoms with Gasteiger partial charge in [0.15, 0.2) is 11.9 Å². The van der Waals surface area contributed by atoms with E-state index < -0.39 is 0 Å². The van der Waals surface area contributed by atoms with Gasteiger partial charge in [0.1, 0.15) is 0 Å². The fraction of sp³-hybridized carbons (Fsp3) is 0.600. The third-order valence-corrected chi connectivity index (χ3v) is 3.91. The average molecular weight is 488 g/mol. The largest absolute Gasteiger partial charge is 0.370 e. The van der Waals surface area contributed by atoms with Crippen molar-refractivity contribution < 1.29 is 0 Å². The summed E-state index contributed by atoms with van der Waals surface area (Å²) >= 11 is 0. The molecule has 0 aliphatic rings. The van der Waals surface area contributed by atoms with E-state index >= 15 is 0 Å². The molecule has 6 nitrogen and oxygen atoms in total. The fourth-order valence-electron chi connectivity index (χ4n) is 2.27. The molecule has 0 aromatic heterocycles. The van der Waals surface area contributed by atoms with E-state index in [4.69, 9.17) is 11.5 Å². The van der Waals surface area contributed by atoms with E-state index in [9.17, 15) is 0 Å². The van der Waals surface area contributed by atoms with Crippen LogP contribution in [-0.2, 0) is 13.1 Å². The van der Waals surface area contributed by atoms with Crippen molar-refractivity contribution in [1.82, 2.24) is 10.6 Å². The van der Waals surface area contributed by atoms with Gasteiger partial charge in [-0.2, -0.15) is 0 Å². The second kappa shape index (κ2) is 14.5. The molecule has 1 aromatic carbocycles. The molecule has 0 spiro atoms. The summed E-state index contributed by atoms with van der Waals surface area (Å²) in [5.41, 5.74) is 14.0. The summed E-state index contributed by atoms with van der Waals surface area (Å²) < 4.78 is 0. The minimum Gasteiger partial charge on any atom is -0.370 e. The maximum absolute atomic E-state index is 5.90. The third kappa shape index (κ3) is 13.3. The third-order valence-electron chi connectivity index (χ3n) is 3.91. The number of nitrogens with two attached hydrogens (primary N) is 2. The summed E-state index contributed by atoms with van der Waals surface area (Å²) in [6.07, 6.45) is 2.16. The second-order valence-electron chi connectivity index (χ2n) is 7.44. The molecule has 0 heterocycles. The quantitative estimate of drug-likeness (QED) is 0.231. The van der Waals surface area contributed by atoms with E-state index in [1.165, 1.54) is 0 Å². The van der Waals surface area contributed by atoms with E-state index in [1.807, 2.05) is 18.2 Å². The number of nitrogens with zero attached hydrogens (tertiary/aromatic N) is 2. The number of hydrogen-bond acceptors (Lipinski definition) is 2. The van der Waals surface area contributed by atoms with Crippen LogP contribution in [0.2, 0.25) is 0 Å². The minimum absolute atomic E-state index is 0. The van der Waals surface area contributed by atoms with Gasteiger partial charge in [0.05, 0.1) is 13.1 Å². The number of guanidine groups is 2. The molecule has 1 rings (SSSR count). The van der Waals surface area contributed by atoms with Crippen LogP contribution >= 0.6 is 24.0 Å². The van der Waals surface area contributed by atoms with Gasteiger partial charge in [-0.15, -0.1) is 24.0 Å². The van der Waals surface area contributed by atoms with Crippen LogP contribution in [0.15, 0.2) is 34.3 Å². The summed E-state index contributed by atoms with van der Waals surface area (Å²) in [5, 5.41) is 6.29. The second-order valence-corrected chi connectivity index (χ2v) is 7.44. The molecule has 0 amide bonds. The van der Waals surface area contributed by atoms with Gasteiger partial charge in [-0.25, -0.2) is 9.98 Å². The highest BCUT2D eigenvalue weighted by Gasteiger charge is 1.99. The standard InChI is InChI=1S/C20H36N6.HI/c1-15(2)8-10-23-19(21)25-13-17-6-5-7-18(12-17)14-26-20(22)24-11-9-16(3)4;/h5-7,12,15-16H,8-11,13-14H2,1-4H3,(H3,21,23,25)(H3,22,24,26);1H. The molecule has 6 N–H and O–H groups in total. The van der Waals surface area contributed by atoms with E-state index in [2.05, 4.69) is 54.4 Å². The van der Waals surface area contributed by atoms with Crippen molar-refractivity contribution in [3.05, 3.63) is 35.4 Å². The molecule has 1 aromatic rings. The van der Waals surface area contributed by atoms with Crippen LogP contribution in [0.3, 0.4) is 0 Å². The van der Waals surface area contributed by atoms with Crippen molar-refractivity contribution in [1.29, 1.82) is 0 Å². The lowest BCUT2D eigenvalue weighted by molar-refractivity contribution is 0.576. The van der Waals surface area contributed by atoms with Crippen LogP contribution in [0.1, 0.15) is 51.7 Å². The Morgan fingerprint density at radius 3 is 1.63 bits per heavy atom. The van der Waals surface area contributed by atoms with E-state index in [1.54, 1.807) is 0 Å². The zero-order valence-corrected chi connectivity index (χ0v) is 19.5. The van der Waals surface area contributed by atoms with Gasteiger partial charge in [-0.3, -0.25) is 0 Å². The van der Waals surface area contributed by atoms with Crippen LogP contribution < -0.4 is 22.1 Å². The Hall–Kier alpha value is -1.51. The first-order valence-electron chi connectivity index (χ1n) is 9.52. The Morgan fingerprint density at radius 2 is 1.26 bits per heavy atom. The SMILES string of the molecule is CC(C)CCNC(N)=NCc1cccc(CN=C(N)NCCC(C)C)c1.I. The molecule has 0 aliphatic heterocycles. The van der Waals surface area contributed by atoms with Crippen LogP contribution in [0.25, 0.3) is 0 Å². The van der Waals surface area contributed by atoms with Crippen molar-refractivity contribution in [3.63, 3.8) is 0 Å². The smallest absolute Gasteiger partial charge is 0.188 e. The lowest BCUT2D eigenvalue weighted by atomic mass is 10.1. The topological polar surface area (TPSA) is 101 Å². The number of aliphatic imine (C=N–C) groups is 2.